The van der Waals surface area contributed by atoms with E-state index in [-0.39, 0.29) is 26.1 Å². The molecule has 2 unspecified atom stereocenters. The first-order valence-electron chi connectivity index (χ1n) is 21.7. The van der Waals surface area contributed by atoms with Crippen molar-refractivity contribution in [2.75, 3.05) is 19.8 Å². The SMILES string of the molecule is CC/C=C/C/C=C/C/C=C/C/C=C/CCCCC(=O)O[C@@H](COC(=O)CCC/C=C/C/C=C/C/C=C/CCCCCCCC)CO[C@H]1O[C@@H](CO)[C@@H](O)C(O)C1O. The van der Waals surface area contributed by atoms with Gasteiger partial charge in [-0.2, -0.15) is 0 Å². The number of unbranched alkanes of at least 4 members (excludes halogenated alkanes) is 9. The average molecular weight is 801 g/mol. The minimum absolute atomic E-state index is 0.162. The molecule has 0 aromatic rings. The fourth-order valence-electron chi connectivity index (χ4n) is 5.84. The van der Waals surface area contributed by atoms with Crippen molar-refractivity contribution in [1.82, 2.24) is 0 Å². The normalized spacial score (nSPS) is 21.1. The highest BCUT2D eigenvalue weighted by molar-refractivity contribution is 5.70. The Hall–Kier alpha value is -3.12. The van der Waals surface area contributed by atoms with Crippen LogP contribution < -0.4 is 0 Å². The van der Waals surface area contributed by atoms with Gasteiger partial charge >= 0.3 is 11.9 Å². The van der Waals surface area contributed by atoms with Crippen LogP contribution in [-0.4, -0.2) is 89.0 Å². The van der Waals surface area contributed by atoms with E-state index in [0.717, 1.165) is 64.2 Å². The molecule has 10 heteroatoms. The van der Waals surface area contributed by atoms with Crippen LogP contribution in [0.3, 0.4) is 0 Å². The molecule has 0 spiro atoms. The van der Waals surface area contributed by atoms with E-state index in [4.69, 9.17) is 18.9 Å². The van der Waals surface area contributed by atoms with Crippen molar-refractivity contribution < 1.29 is 49.0 Å². The molecule has 0 bridgehead atoms. The molecule has 0 radical (unpaired) electrons. The standard InChI is InChI=1S/C47H76O10/c1-3-5-7-9-11-13-15-17-19-20-22-23-25-27-29-31-33-35-42(49)54-38-40(39-55-47-46(53)45(52)44(51)41(37-48)57-47)56-43(50)36-34-32-30-28-26-24-21-18-16-14-12-10-8-6-4-2/h6,8,12,14,17-19,21-23,26-29,40-41,44-48,51-53H,3-5,7,9-11,13,15-16,20,24-25,30-39H2,1-2H3/b8-6+,14-12+,19-17+,21-18+,23-22+,28-26+,29-27+/t40-,41-,44+,45?,46?,47-/m0/s1. The second-order valence-corrected chi connectivity index (χ2v) is 14.4. The number of carbonyl (C=O) groups excluding carboxylic acids is 2. The smallest absolute Gasteiger partial charge is 0.306 e. The number of carbonyl (C=O) groups is 2. The van der Waals surface area contributed by atoms with Gasteiger partial charge in [0.2, 0.25) is 0 Å². The molecule has 0 aliphatic carbocycles. The second-order valence-electron chi connectivity index (χ2n) is 14.4. The summed E-state index contributed by atoms with van der Waals surface area (Å²) in [5, 5.41) is 40.0. The van der Waals surface area contributed by atoms with Crippen molar-refractivity contribution in [3.8, 4) is 0 Å². The van der Waals surface area contributed by atoms with Gasteiger partial charge in [0.25, 0.3) is 0 Å². The topological polar surface area (TPSA) is 152 Å². The number of aliphatic hydroxyl groups excluding tert-OH is 4. The summed E-state index contributed by atoms with van der Waals surface area (Å²) in [5.74, 6) is -0.926. The van der Waals surface area contributed by atoms with Gasteiger partial charge in [0.05, 0.1) is 13.2 Å². The molecule has 4 N–H and O–H groups in total. The van der Waals surface area contributed by atoms with E-state index in [1.165, 1.54) is 38.5 Å². The van der Waals surface area contributed by atoms with Crippen molar-refractivity contribution in [1.29, 1.82) is 0 Å². The van der Waals surface area contributed by atoms with Crippen LogP contribution in [0.5, 0.6) is 0 Å². The molecule has 6 atom stereocenters. The average Bonchev–Trinajstić information content (AvgIpc) is 3.21. The quantitative estimate of drug-likeness (QED) is 0.0282. The fourth-order valence-corrected chi connectivity index (χ4v) is 5.84. The monoisotopic (exact) mass is 801 g/mol. The molecule has 1 rings (SSSR count). The van der Waals surface area contributed by atoms with Crippen molar-refractivity contribution in [2.24, 2.45) is 0 Å². The summed E-state index contributed by atoms with van der Waals surface area (Å²) < 4.78 is 22.0. The number of hydrogen-bond donors (Lipinski definition) is 4. The molecule has 0 amide bonds. The largest absolute Gasteiger partial charge is 0.462 e. The minimum Gasteiger partial charge on any atom is -0.462 e. The molecular weight excluding hydrogens is 725 g/mol. The van der Waals surface area contributed by atoms with Gasteiger partial charge in [-0.3, -0.25) is 9.59 Å². The van der Waals surface area contributed by atoms with Crippen molar-refractivity contribution in [2.45, 2.75) is 179 Å². The van der Waals surface area contributed by atoms with Gasteiger partial charge in [-0.15, -0.1) is 0 Å². The zero-order valence-electron chi connectivity index (χ0n) is 35.0. The Morgan fingerprint density at radius 1 is 0.561 bits per heavy atom. The van der Waals surface area contributed by atoms with E-state index in [9.17, 15) is 30.0 Å². The summed E-state index contributed by atoms with van der Waals surface area (Å²) in [7, 11) is 0. The molecule has 57 heavy (non-hydrogen) atoms. The third-order valence-corrected chi connectivity index (χ3v) is 9.26. The van der Waals surface area contributed by atoms with Crippen LogP contribution in [0.25, 0.3) is 0 Å². The summed E-state index contributed by atoms with van der Waals surface area (Å²) in [4.78, 5) is 25.3. The van der Waals surface area contributed by atoms with Crippen LogP contribution in [0, 0.1) is 0 Å². The first kappa shape index (κ1) is 51.9. The molecular formula is C47H76O10. The summed E-state index contributed by atoms with van der Waals surface area (Å²) in [6.07, 6.45) is 40.3. The molecule has 10 nitrogen and oxygen atoms in total. The molecule has 0 aromatic carbocycles. The van der Waals surface area contributed by atoms with E-state index in [2.05, 4.69) is 92.8 Å². The Balaban J connectivity index is 2.43. The lowest BCUT2D eigenvalue weighted by molar-refractivity contribution is -0.305. The maximum absolute atomic E-state index is 12.7. The van der Waals surface area contributed by atoms with Gasteiger partial charge < -0.3 is 39.4 Å². The van der Waals surface area contributed by atoms with Crippen LogP contribution in [0.15, 0.2) is 85.1 Å². The van der Waals surface area contributed by atoms with Crippen LogP contribution >= 0.6 is 0 Å². The van der Waals surface area contributed by atoms with Crippen LogP contribution in [-0.2, 0) is 28.5 Å². The molecule has 1 aliphatic heterocycles. The van der Waals surface area contributed by atoms with E-state index < -0.39 is 55.4 Å². The Labute approximate surface area is 344 Å². The lowest BCUT2D eigenvalue weighted by atomic mass is 9.99. The lowest BCUT2D eigenvalue weighted by Gasteiger charge is -2.39. The number of rotatable bonds is 34. The minimum atomic E-state index is -1.61. The molecule has 1 aliphatic rings. The maximum Gasteiger partial charge on any atom is 0.306 e. The van der Waals surface area contributed by atoms with Crippen molar-refractivity contribution in [3.63, 3.8) is 0 Å². The highest BCUT2D eigenvalue weighted by Gasteiger charge is 2.44. The van der Waals surface area contributed by atoms with Gasteiger partial charge in [0.1, 0.15) is 31.0 Å². The van der Waals surface area contributed by atoms with E-state index in [0.29, 0.717) is 12.8 Å². The number of ether oxygens (including phenoxy) is 4. The van der Waals surface area contributed by atoms with Gasteiger partial charge in [0, 0.05) is 12.8 Å². The van der Waals surface area contributed by atoms with E-state index >= 15 is 0 Å². The zero-order chi connectivity index (χ0) is 41.6. The summed E-state index contributed by atoms with van der Waals surface area (Å²) in [6.45, 7) is 3.18. The molecule has 1 fully saturated rings. The number of aliphatic hydroxyl groups is 4. The Morgan fingerprint density at radius 3 is 1.61 bits per heavy atom. The van der Waals surface area contributed by atoms with Gasteiger partial charge in [0.15, 0.2) is 12.4 Å². The van der Waals surface area contributed by atoms with Gasteiger partial charge in [-0.05, 0) is 83.5 Å². The predicted molar refractivity (Wildman–Crippen MR) is 228 cm³/mol. The Morgan fingerprint density at radius 2 is 1.05 bits per heavy atom. The molecule has 0 aromatic heterocycles. The van der Waals surface area contributed by atoms with Crippen LogP contribution in [0.2, 0.25) is 0 Å². The molecule has 1 heterocycles. The molecule has 0 saturated carbocycles. The first-order valence-corrected chi connectivity index (χ1v) is 21.7. The van der Waals surface area contributed by atoms with Gasteiger partial charge in [-0.1, -0.05) is 131 Å². The number of allylic oxidation sites excluding steroid dienone is 14. The number of hydrogen-bond acceptors (Lipinski definition) is 10. The Kier molecular flexibility index (Phi) is 33.8. The van der Waals surface area contributed by atoms with Crippen molar-refractivity contribution >= 4 is 11.9 Å². The summed E-state index contributed by atoms with van der Waals surface area (Å²) in [5.41, 5.74) is 0. The van der Waals surface area contributed by atoms with Crippen LogP contribution in [0.4, 0.5) is 0 Å². The Bertz CT molecular complexity index is 1200. The lowest BCUT2D eigenvalue weighted by Crippen LogP contribution is -2.59. The molecule has 1 saturated heterocycles. The fraction of sp³-hybridized carbons (Fsp3) is 0.660. The third kappa shape index (κ3) is 28.9. The highest BCUT2D eigenvalue weighted by Crippen LogP contribution is 2.22. The van der Waals surface area contributed by atoms with Crippen molar-refractivity contribution in [3.05, 3.63) is 85.1 Å². The molecule has 324 valence electrons. The predicted octanol–water partition coefficient (Wildman–Crippen LogP) is 8.99. The second kappa shape index (κ2) is 37.2. The van der Waals surface area contributed by atoms with E-state index in [1.54, 1.807) is 0 Å². The van der Waals surface area contributed by atoms with Crippen LogP contribution in [0.1, 0.15) is 142 Å². The third-order valence-electron chi connectivity index (χ3n) is 9.26. The summed E-state index contributed by atoms with van der Waals surface area (Å²) in [6, 6.07) is 0. The maximum atomic E-state index is 12.7. The van der Waals surface area contributed by atoms with E-state index in [1.807, 2.05) is 6.08 Å². The van der Waals surface area contributed by atoms with Gasteiger partial charge in [-0.25, -0.2) is 0 Å². The first-order chi connectivity index (χ1) is 27.8. The number of esters is 2. The highest BCUT2D eigenvalue weighted by atomic mass is 16.7. The summed E-state index contributed by atoms with van der Waals surface area (Å²) >= 11 is 0. The zero-order valence-corrected chi connectivity index (χ0v) is 35.0.